The number of ether oxygens (including phenoxy) is 3. The number of ketones is 1. The summed E-state index contributed by atoms with van der Waals surface area (Å²) in [5, 5.41) is 44.0. The van der Waals surface area contributed by atoms with Crippen molar-refractivity contribution in [2.24, 2.45) is 58.2 Å². The minimum atomic E-state index is -1.22. The molecule has 6 aliphatic rings. The second-order valence-corrected chi connectivity index (χ2v) is 22.2. The van der Waals surface area contributed by atoms with Crippen LogP contribution in [0.3, 0.4) is 0 Å². The summed E-state index contributed by atoms with van der Waals surface area (Å²) < 4.78 is 19.3. The zero-order valence-corrected chi connectivity index (χ0v) is 36.8. The van der Waals surface area contributed by atoms with Crippen molar-refractivity contribution in [1.82, 2.24) is 0 Å². The van der Waals surface area contributed by atoms with Gasteiger partial charge in [-0.05, 0) is 132 Å². The van der Waals surface area contributed by atoms with E-state index in [9.17, 15) is 30.0 Å². The molecule has 9 heteroatoms. The van der Waals surface area contributed by atoms with Gasteiger partial charge in [-0.2, -0.15) is 0 Å². The van der Waals surface area contributed by atoms with Crippen LogP contribution in [0.1, 0.15) is 167 Å². The lowest BCUT2D eigenvalue weighted by molar-refractivity contribution is -0.257. The highest BCUT2D eigenvalue weighted by atomic mass is 16.6. The van der Waals surface area contributed by atoms with Gasteiger partial charge in [-0.25, -0.2) is 0 Å². The van der Waals surface area contributed by atoms with Gasteiger partial charge in [0.15, 0.2) is 0 Å². The second-order valence-electron chi connectivity index (χ2n) is 22.2. The number of Topliss-reactive ketones (excluding diaryl/α,β-unsaturated/α-hetero) is 1. The molecule has 6 fully saturated rings. The summed E-state index contributed by atoms with van der Waals surface area (Å²) in [6.07, 6.45) is 6.15. The van der Waals surface area contributed by atoms with E-state index in [1.54, 1.807) is 13.8 Å². The van der Waals surface area contributed by atoms with E-state index < -0.39 is 28.5 Å². The number of aliphatic hydroxyl groups is 4. The Hall–Kier alpha value is -1.10. The van der Waals surface area contributed by atoms with Crippen LogP contribution in [0, 0.1) is 58.2 Å². The molecule has 6 rings (SSSR count). The van der Waals surface area contributed by atoms with Crippen LogP contribution in [0.2, 0.25) is 0 Å². The number of carbonyl (C=O) groups excluding carboxylic acids is 2. The van der Waals surface area contributed by atoms with Gasteiger partial charge in [-0.1, -0.05) is 62.3 Å². The molecule has 4 heterocycles. The van der Waals surface area contributed by atoms with Crippen molar-refractivity contribution in [2.45, 2.75) is 220 Å². The van der Waals surface area contributed by atoms with Crippen molar-refractivity contribution >= 4 is 11.8 Å². The number of hydrogen-bond acceptors (Lipinski definition) is 9. The Morgan fingerprint density at radius 2 is 1.33 bits per heavy atom. The lowest BCUT2D eigenvalue weighted by Crippen LogP contribution is -2.65. The first-order chi connectivity index (χ1) is 25.2. The molecule has 0 aromatic carbocycles. The Bertz CT molecular complexity index is 1360. The van der Waals surface area contributed by atoms with Crippen molar-refractivity contribution in [3.8, 4) is 0 Å². The third-order valence-corrected chi connectivity index (χ3v) is 16.0. The maximum atomic E-state index is 13.3. The van der Waals surface area contributed by atoms with Gasteiger partial charge in [0, 0.05) is 31.1 Å². The molecule has 318 valence electrons. The van der Waals surface area contributed by atoms with E-state index in [2.05, 4.69) is 55.4 Å². The molecule has 55 heavy (non-hydrogen) atoms. The van der Waals surface area contributed by atoms with Gasteiger partial charge < -0.3 is 34.6 Å². The maximum Gasteiger partial charge on any atom is 0.306 e. The van der Waals surface area contributed by atoms with Crippen LogP contribution in [0.25, 0.3) is 0 Å². The minimum Gasteiger partial charge on any atom is -0.457 e. The van der Waals surface area contributed by atoms with E-state index in [1.165, 1.54) is 0 Å². The molecule has 4 bridgehead atoms. The Morgan fingerprint density at radius 1 is 0.745 bits per heavy atom. The van der Waals surface area contributed by atoms with Crippen LogP contribution in [0.4, 0.5) is 0 Å². The lowest BCUT2D eigenvalue weighted by atomic mass is 9.52. The molecule has 0 aromatic heterocycles. The van der Waals surface area contributed by atoms with Crippen molar-refractivity contribution in [3.05, 3.63) is 0 Å². The fourth-order valence-corrected chi connectivity index (χ4v) is 12.7. The summed E-state index contributed by atoms with van der Waals surface area (Å²) in [7, 11) is 0. The van der Waals surface area contributed by atoms with Crippen LogP contribution in [0.5, 0.6) is 0 Å². The third kappa shape index (κ3) is 8.79. The molecule has 0 unspecified atom stereocenters. The van der Waals surface area contributed by atoms with Crippen molar-refractivity contribution in [2.75, 3.05) is 0 Å². The number of hydrogen-bond donors (Lipinski definition) is 4. The van der Waals surface area contributed by atoms with E-state index in [0.29, 0.717) is 62.2 Å². The Morgan fingerprint density at radius 3 is 1.91 bits per heavy atom. The summed E-state index contributed by atoms with van der Waals surface area (Å²) in [6, 6.07) is 0. The molecule has 4 aliphatic heterocycles. The van der Waals surface area contributed by atoms with Gasteiger partial charge in [0.25, 0.3) is 0 Å². The number of esters is 1. The number of rotatable bonds is 5. The Kier molecular flexibility index (Phi) is 12.9. The van der Waals surface area contributed by atoms with Crippen molar-refractivity contribution in [3.63, 3.8) is 0 Å². The first-order valence-corrected chi connectivity index (χ1v) is 22.1. The second kappa shape index (κ2) is 15.8. The first-order valence-electron chi connectivity index (χ1n) is 22.1. The predicted molar refractivity (Wildman–Crippen MR) is 214 cm³/mol. The molecule has 0 radical (unpaired) electrons. The quantitative estimate of drug-likeness (QED) is 0.206. The molecule has 15 atom stereocenters. The third-order valence-electron chi connectivity index (χ3n) is 16.0. The lowest BCUT2D eigenvalue weighted by Gasteiger charge is -2.58. The number of fused-ring (bicyclic) bond motifs is 9. The highest BCUT2D eigenvalue weighted by Gasteiger charge is 2.64. The van der Waals surface area contributed by atoms with Gasteiger partial charge in [0.2, 0.25) is 0 Å². The van der Waals surface area contributed by atoms with Crippen LogP contribution >= 0.6 is 0 Å². The van der Waals surface area contributed by atoms with Gasteiger partial charge >= 0.3 is 5.97 Å². The molecule has 4 saturated heterocycles. The summed E-state index contributed by atoms with van der Waals surface area (Å²) in [6.45, 7) is 27.3. The summed E-state index contributed by atoms with van der Waals surface area (Å²) in [5.74, 6) is 2.17. The first kappa shape index (κ1) is 45.0. The molecule has 2 saturated carbocycles. The number of carbonyl (C=O) groups is 2. The molecule has 4 N–H and O–H groups in total. The predicted octanol–water partition coefficient (Wildman–Crippen LogP) is 7.81. The Balaban J connectivity index is 0.000000214. The van der Waals surface area contributed by atoms with Gasteiger partial charge in [0.1, 0.15) is 17.5 Å². The average molecular weight is 777 g/mol. The molecule has 0 amide bonds. The minimum absolute atomic E-state index is 0.0187. The van der Waals surface area contributed by atoms with Crippen LogP contribution in [-0.4, -0.2) is 85.1 Å². The molecular formula is C46H80O9. The maximum absolute atomic E-state index is 13.3. The number of aliphatic hydroxyl groups excluding tert-OH is 1. The summed E-state index contributed by atoms with van der Waals surface area (Å²) in [4.78, 5) is 25.9. The molecule has 0 aromatic rings. The van der Waals surface area contributed by atoms with Gasteiger partial charge in [0.05, 0.1) is 41.2 Å². The molecule has 2 aliphatic carbocycles. The van der Waals surface area contributed by atoms with E-state index in [1.807, 2.05) is 20.8 Å². The average Bonchev–Trinajstić information content (AvgIpc) is 3.43. The van der Waals surface area contributed by atoms with Gasteiger partial charge in [-0.3, -0.25) is 9.59 Å². The summed E-state index contributed by atoms with van der Waals surface area (Å²) >= 11 is 0. The van der Waals surface area contributed by atoms with Crippen LogP contribution in [-0.2, 0) is 23.8 Å². The Labute approximate surface area is 333 Å². The van der Waals surface area contributed by atoms with Crippen LogP contribution < -0.4 is 0 Å². The fraction of sp³-hybridized carbons (Fsp3) is 0.957. The van der Waals surface area contributed by atoms with E-state index >= 15 is 0 Å². The topological polar surface area (TPSA) is 143 Å². The fourth-order valence-electron chi connectivity index (χ4n) is 12.7. The zero-order valence-electron chi connectivity index (χ0n) is 36.8. The van der Waals surface area contributed by atoms with E-state index in [4.69, 9.17) is 14.2 Å². The van der Waals surface area contributed by atoms with Crippen LogP contribution in [0.15, 0.2) is 0 Å². The van der Waals surface area contributed by atoms with Crippen molar-refractivity contribution < 1.29 is 44.2 Å². The summed E-state index contributed by atoms with van der Waals surface area (Å²) in [5.41, 5.74) is -4.18. The highest BCUT2D eigenvalue weighted by molar-refractivity contribution is 5.83. The normalized spacial score (nSPS) is 47.8. The molecule has 0 spiro atoms. The molecule has 9 nitrogen and oxygen atoms in total. The zero-order chi connectivity index (χ0) is 41.3. The smallest absolute Gasteiger partial charge is 0.306 e. The SMILES string of the molecule is CC(C)[C@H]1CCC(C)(C)[C@@H]2C(=O)C[C@@](C)(O)[C@H]3CC[C@@](C)(O)[C@H](O3)[C@H]12.CCCC(=O)O[C@]1(C)CC[C@H](O)[C@@](C)(O)C[C@H]2O[C@@H]1[C@H]1[C@@H]2C(C)(C)CC[C@@H]1C(C)C. The highest BCUT2D eigenvalue weighted by Crippen LogP contribution is 2.61. The standard InChI is InChI=1S/C25H44O5.C21H36O4/c1-8-9-19(27)30-25(7)13-11-18(26)24(6,28)14-17-21-20(22(25)29-17)16(15(2)3)10-12-23(21,4)5;1-12(2)13-7-9-19(3,4)17-14(22)11-21(6,24)15-8-10-20(5,23)18(25-15)16(13)17/h15-18,20-22,26,28H,8-14H2,1-7H3;12-13,15-18,23-24H,7-11H2,1-6H3/t16-,17-,18+,20-,21-,22-,24+,25-;13-,15-,16-,17-,18-,20-,21-/m11/s1. The van der Waals surface area contributed by atoms with E-state index in [-0.39, 0.29) is 77.1 Å². The largest absolute Gasteiger partial charge is 0.457 e. The monoisotopic (exact) mass is 777 g/mol. The molecular weight excluding hydrogens is 696 g/mol. The van der Waals surface area contributed by atoms with Gasteiger partial charge in [-0.15, -0.1) is 0 Å². The van der Waals surface area contributed by atoms with Crippen molar-refractivity contribution in [1.29, 1.82) is 0 Å². The van der Waals surface area contributed by atoms with E-state index in [0.717, 1.165) is 32.1 Å².